The Labute approximate surface area is 183 Å². The predicted molar refractivity (Wildman–Crippen MR) is 122 cm³/mol. The first-order valence-electron chi connectivity index (χ1n) is 11.1. The minimum Gasteiger partial charge on any atom is -0.316 e. The molecule has 2 aromatic rings. The zero-order valence-corrected chi connectivity index (χ0v) is 18.1. The van der Waals surface area contributed by atoms with Gasteiger partial charge in [-0.05, 0) is 86.5 Å². The van der Waals surface area contributed by atoms with Crippen LogP contribution in [0.5, 0.6) is 0 Å². The van der Waals surface area contributed by atoms with Crippen molar-refractivity contribution in [2.45, 2.75) is 51.4 Å². The summed E-state index contributed by atoms with van der Waals surface area (Å²) in [7, 11) is 0. The minimum atomic E-state index is 0.221. The van der Waals surface area contributed by atoms with E-state index in [4.69, 9.17) is 11.6 Å². The quantitative estimate of drug-likeness (QED) is 0.466. The topological polar surface area (TPSA) is 49.4 Å². The molecule has 5 heteroatoms. The number of rotatable bonds is 9. The number of carbonyl (C=O) groups is 2. The molecule has 0 atom stereocenters. The molecule has 1 amide bonds. The molecule has 0 aliphatic carbocycles. The molecule has 0 radical (unpaired) electrons. The lowest BCUT2D eigenvalue weighted by Crippen LogP contribution is -2.39. The molecule has 4 rings (SSSR count). The lowest BCUT2D eigenvalue weighted by atomic mass is 9.88. The molecule has 0 fully saturated rings. The van der Waals surface area contributed by atoms with Crippen molar-refractivity contribution in [3.63, 3.8) is 0 Å². The maximum Gasteiger partial charge on any atom is 0.227 e. The van der Waals surface area contributed by atoms with E-state index < -0.39 is 0 Å². The van der Waals surface area contributed by atoms with Crippen LogP contribution in [0.4, 0.5) is 5.69 Å². The van der Waals surface area contributed by atoms with Crippen LogP contribution in [-0.2, 0) is 24.1 Å². The third kappa shape index (κ3) is 4.76. The van der Waals surface area contributed by atoms with Gasteiger partial charge < -0.3 is 10.2 Å². The van der Waals surface area contributed by atoms with E-state index in [2.05, 4.69) is 11.4 Å². The number of hydrogen-bond donors (Lipinski definition) is 1. The summed E-state index contributed by atoms with van der Waals surface area (Å²) < 4.78 is 0. The van der Waals surface area contributed by atoms with Gasteiger partial charge in [0, 0.05) is 30.0 Å². The molecule has 0 bridgehead atoms. The second-order valence-corrected chi connectivity index (χ2v) is 8.67. The van der Waals surface area contributed by atoms with E-state index in [9.17, 15) is 9.59 Å². The summed E-state index contributed by atoms with van der Waals surface area (Å²) in [5.41, 5.74) is 5.44. The van der Waals surface area contributed by atoms with Crippen LogP contribution in [-0.4, -0.2) is 31.3 Å². The van der Waals surface area contributed by atoms with E-state index in [0.29, 0.717) is 12.8 Å². The van der Waals surface area contributed by atoms with E-state index in [1.54, 1.807) is 0 Å². The van der Waals surface area contributed by atoms with Crippen molar-refractivity contribution < 1.29 is 9.59 Å². The van der Waals surface area contributed by atoms with Crippen molar-refractivity contribution in [1.29, 1.82) is 0 Å². The number of halogens is 1. The largest absolute Gasteiger partial charge is 0.316 e. The molecule has 158 valence electrons. The van der Waals surface area contributed by atoms with Crippen LogP contribution < -0.4 is 10.2 Å². The average Bonchev–Trinajstić information content (AvgIpc) is 2.76. The normalized spacial score (nSPS) is 15.2. The number of nitrogens with one attached hydrogen (secondary N) is 1. The Kier molecular flexibility index (Phi) is 6.86. The van der Waals surface area contributed by atoms with Crippen molar-refractivity contribution in [2.75, 3.05) is 24.5 Å². The summed E-state index contributed by atoms with van der Waals surface area (Å²) in [6.07, 6.45) is 6.61. The van der Waals surface area contributed by atoms with Gasteiger partial charge in [-0.25, -0.2) is 0 Å². The summed E-state index contributed by atoms with van der Waals surface area (Å²) in [6.45, 7) is 2.61. The fraction of sp³-hybridized carbons (Fsp3) is 0.440. The first-order chi connectivity index (χ1) is 14.6. The maximum absolute atomic E-state index is 12.8. The third-order valence-corrected chi connectivity index (χ3v) is 6.50. The van der Waals surface area contributed by atoms with Gasteiger partial charge in [-0.2, -0.15) is 0 Å². The molecule has 2 aromatic carbocycles. The monoisotopic (exact) mass is 424 g/mol. The smallest absolute Gasteiger partial charge is 0.227 e. The predicted octanol–water partition coefficient (Wildman–Crippen LogP) is 4.75. The van der Waals surface area contributed by atoms with Gasteiger partial charge in [0.2, 0.25) is 5.91 Å². The van der Waals surface area contributed by atoms with Crippen LogP contribution in [0.3, 0.4) is 0 Å². The van der Waals surface area contributed by atoms with Crippen LogP contribution in [0.15, 0.2) is 36.4 Å². The minimum absolute atomic E-state index is 0.221. The molecule has 2 heterocycles. The summed E-state index contributed by atoms with van der Waals surface area (Å²) in [4.78, 5) is 26.9. The number of carbonyl (C=O) groups excluding carboxylic acids is 2. The molecule has 0 spiro atoms. The number of Topliss-reactive ketones (excluding diaryl/α,β-unsaturated/α-hetero) is 1. The van der Waals surface area contributed by atoms with Gasteiger partial charge >= 0.3 is 0 Å². The molecule has 0 saturated carbocycles. The summed E-state index contributed by atoms with van der Waals surface area (Å²) in [5, 5.41) is 4.26. The van der Waals surface area contributed by atoms with Gasteiger partial charge in [-0.3, -0.25) is 9.59 Å². The fourth-order valence-corrected chi connectivity index (χ4v) is 4.77. The van der Waals surface area contributed by atoms with E-state index in [1.165, 1.54) is 16.7 Å². The molecule has 0 aromatic heterocycles. The Morgan fingerprint density at radius 3 is 2.67 bits per heavy atom. The van der Waals surface area contributed by atoms with Crippen molar-refractivity contribution in [3.8, 4) is 0 Å². The number of ketones is 1. The zero-order valence-electron chi connectivity index (χ0n) is 17.4. The second-order valence-electron chi connectivity index (χ2n) is 8.26. The summed E-state index contributed by atoms with van der Waals surface area (Å²) in [6, 6.07) is 12.0. The van der Waals surface area contributed by atoms with E-state index in [1.807, 2.05) is 35.2 Å². The number of aryl methyl sites for hydroxylation is 2. The van der Waals surface area contributed by atoms with Gasteiger partial charge in [0.05, 0.1) is 5.69 Å². The molecular weight excluding hydrogens is 396 g/mol. The molecule has 1 N–H and O–H groups in total. The Morgan fingerprint density at radius 2 is 1.83 bits per heavy atom. The molecule has 0 unspecified atom stereocenters. The maximum atomic E-state index is 12.8. The molecule has 2 aliphatic rings. The molecule has 30 heavy (non-hydrogen) atoms. The molecule has 4 nitrogen and oxygen atoms in total. The number of amides is 1. The van der Waals surface area contributed by atoms with Crippen molar-refractivity contribution in [3.05, 3.63) is 63.7 Å². The van der Waals surface area contributed by atoms with E-state index >= 15 is 0 Å². The highest BCUT2D eigenvalue weighted by Gasteiger charge is 2.30. The highest BCUT2D eigenvalue weighted by molar-refractivity contribution is 6.31. The van der Waals surface area contributed by atoms with Crippen LogP contribution in [0, 0.1) is 0 Å². The number of nitrogens with zero attached hydrogens (tertiary/aromatic N) is 1. The highest BCUT2D eigenvalue weighted by Crippen LogP contribution is 2.36. The standard InChI is InChI=1S/C25H29ClN2O2/c26-22-8-2-1-6-18(22)12-14-27-13-4-3-9-23(29)21-16-19-7-5-15-28-24(30)11-10-20(17-21)25(19)28/h1-2,6,8,16-17,27H,3-5,7,9-15H2. The summed E-state index contributed by atoms with van der Waals surface area (Å²) >= 11 is 6.18. The second kappa shape index (κ2) is 9.76. The van der Waals surface area contributed by atoms with Gasteiger partial charge in [-0.1, -0.05) is 29.8 Å². The first kappa shape index (κ1) is 21.1. The van der Waals surface area contributed by atoms with Crippen LogP contribution in [0.25, 0.3) is 0 Å². The van der Waals surface area contributed by atoms with Gasteiger partial charge in [-0.15, -0.1) is 0 Å². The number of hydrogen-bond acceptors (Lipinski definition) is 3. The van der Waals surface area contributed by atoms with Crippen LogP contribution in [0.1, 0.15) is 59.2 Å². The highest BCUT2D eigenvalue weighted by atomic mass is 35.5. The molecule has 2 aliphatic heterocycles. The first-order valence-corrected chi connectivity index (χ1v) is 11.4. The Bertz CT molecular complexity index is 923. The summed E-state index contributed by atoms with van der Waals surface area (Å²) in [5.74, 6) is 0.448. The van der Waals surface area contributed by atoms with Gasteiger partial charge in [0.1, 0.15) is 0 Å². The Hall–Kier alpha value is -2.17. The van der Waals surface area contributed by atoms with Gasteiger partial charge in [0.25, 0.3) is 0 Å². The molecular formula is C25H29ClN2O2. The Balaban J connectivity index is 1.23. The van der Waals surface area contributed by atoms with E-state index in [0.717, 1.165) is 74.4 Å². The number of anilines is 1. The third-order valence-electron chi connectivity index (χ3n) is 6.13. The van der Waals surface area contributed by atoms with Crippen LogP contribution in [0.2, 0.25) is 5.02 Å². The SMILES string of the molecule is O=C(CCCCNCCc1ccccc1Cl)c1cc2c3c(c1)CCC(=O)N3CCC2. The van der Waals surface area contributed by atoms with Crippen LogP contribution >= 0.6 is 11.6 Å². The van der Waals surface area contributed by atoms with Crippen molar-refractivity contribution in [1.82, 2.24) is 5.32 Å². The van der Waals surface area contributed by atoms with E-state index in [-0.39, 0.29) is 11.7 Å². The average molecular weight is 425 g/mol. The van der Waals surface area contributed by atoms with Crippen molar-refractivity contribution >= 4 is 29.0 Å². The lowest BCUT2D eigenvalue weighted by Gasteiger charge is -2.35. The molecule has 0 saturated heterocycles. The fourth-order valence-electron chi connectivity index (χ4n) is 4.54. The van der Waals surface area contributed by atoms with Crippen molar-refractivity contribution in [2.24, 2.45) is 0 Å². The number of unbranched alkanes of at least 4 members (excludes halogenated alkanes) is 1. The Morgan fingerprint density at radius 1 is 1.03 bits per heavy atom. The van der Waals surface area contributed by atoms with Gasteiger partial charge in [0.15, 0.2) is 5.78 Å². The lowest BCUT2D eigenvalue weighted by molar-refractivity contribution is -0.119. The number of benzene rings is 2. The zero-order chi connectivity index (χ0) is 20.9.